The van der Waals surface area contributed by atoms with Gasteiger partial charge >= 0.3 is 0 Å². The number of nitrogens with zero attached hydrogens (tertiary/aromatic N) is 2. The summed E-state index contributed by atoms with van der Waals surface area (Å²) in [5, 5.41) is 6.13. The number of rotatable bonds is 4. The Balaban J connectivity index is 1.70. The number of nitrogens with one attached hydrogen (secondary N) is 2. The Morgan fingerprint density at radius 3 is 3.00 bits per heavy atom. The van der Waals surface area contributed by atoms with Crippen molar-refractivity contribution in [2.75, 3.05) is 38.0 Å². The van der Waals surface area contributed by atoms with E-state index in [4.69, 9.17) is 0 Å². The van der Waals surface area contributed by atoms with E-state index in [1.54, 1.807) is 12.4 Å². The summed E-state index contributed by atoms with van der Waals surface area (Å²) in [6.45, 7) is 4.92. The van der Waals surface area contributed by atoms with Crippen LogP contribution in [-0.4, -0.2) is 48.5 Å². The molecule has 0 aliphatic carbocycles. The fraction of sp³-hybridized carbons (Fsp3) is 0.500. The predicted octanol–water partition coefficient (Wildman–Crippen LogP) is 0.315. The first-order valence-electron chi connectivity index (χ1n) is 5.97. The lowest BCUT2D eigenvalue weighted by molar-refractivity contribution is -0.116. The van der Waals surface area contributed by atoms with Crippen LogP contribution in [0.2, 0.25) is 0 Å². The van der Waals surface area contributed by atoms with E-state index in [2.05, 4.69) is 20.5 Å². The number of carbonyl (C=O) groups is 1. The Kier molecular flexibility index (Phi) is 4.46. The summed E-state index contributed by atoms with van der Waals surface area (Å²) in [5.74, 6) is 0.0523. The molecule has 0 bridgehead atoms. The minimum absolute atomic E-state index is 0.0523. The van der Waals surface area contributed by atoms with Crippen LogP contribution < -0.4 is 10.6 Å². The Morgan fingerprint density at radius 1 is 1.47 bits per heavy atom. The molecule has 1 aliphatic rings. The molecule has 0 unspecified atom stereocenters. The van der Waals surface area contributed by atoms with Crippen molar-refractivity contribution in [2.24, 2.45) is 0 Å². The topological polar surface area (TPSA) is 57.3 Å². The minimum atomic E-state index is 0.0523. The summed E-state index contributed by atoms with van der Waals surface area (Å²) in [5.41, 5.74) is 0.762. The van der Waals surface area contributed by atoms with Crippen LogP contribution in [0.15, 0.2) is 24.5 Å². The van der Waals surface area contributed by atoms with Gasteiger partial charge in [0, 0.05) is 45.3 Å². The maximum atomic E-state index is 11.7. The number of hydrogen-bond donors (Lipinski definition) is 2. The van der Waals surface area contributed by atoms with E-state index in [0.717, 1.165) is 38.4 Å². The number of carbonyl (C=O) groups excluding carboxylic acids is 1. The highest BCUT2D eigenvalue weighted by molar-refractivity contribution is 5.90. The fourth-order valence-corrected chi connectivity index (χ4v) is 1.85. The second-order valence-corrected chi connectivity index (χ2v) is 4.13. The highest BCUT2D eigenvalue weighted by Gasteiger charge is 2.11. The van der Waals surface area contributed by atoms with Gasteiger partial charge in [0.15, 0.2) is 0 Å². The molecule has 1 aliphatic heterocycles. The van der Waals surface area contributed by atoms with E-state index in [1.165, 1.54) is 0 Å². The molecule has 0 atom stereocenters. The highest BCUT2D eigenvalue weighted by atomic mass is 16.1. The first-order chi connectivity index (χ1) is 8.34. The van der Waals surface area contributed by atoms with Gasteiger partial charge in [-0.15, -0.1) is 0 Å². The second-order valence-electron chi connectivity index (χ2n) is 4.13. The SMILES string of the molecule is O=C(CCN1CCNCC1)Nc1cccnc1. The maximum absolute atomic E-state index is 11.7. The summed E-state index contributed by atoms with van der Waals surface area (Å²) >= 11 is 0. The van der Waals surface area contributed by atoms with Gasteiger partial charge in [-0.05, 0) is 12.1 Å². The molecule has 5 nitrogen and oxygen atoms in total. The van der Waals surface area contributed by atoms with Crippen molar-refractivity contribution in [3.8, 4) is 0 Å². The minimum Gasteiger partial charge on any atom is -0.325 e. The van der Waals surface area contributed by atoms with Crippen molar-refractivity contribution in [3.05, 3.63) is 24.5 Å². The van der Waals surface area contributed by atoms with E-state index in [0.29, 0.717) is 6.42 Å². The van der Waals surface area contributed by atoms with Gasteiger partial charge < -0.3 is 15.5 Å². The molecule has 0 radical (unpaired) electrons. The zero-order valence-corrected chi connectivity index (χ0v) is 9.85. The van der Waals surface area contributed by atoms with Gasteiger partial charge in [-0.25, -0.2) is 0 Å². The molecule has 1 amide bonds. The van der Waals surface area contributed by atoms with Crippen LogP contribution in [0.25, 0.3) is 0 Å². The van der Waals surface area contributed by atoms with Gasteiger partial charge in [0.2, 0.25) is 5.91 Å². The van der Waals surface area contributed by atoms with Crippen LogP contribution in [0.3, 0.4) is 0 Å². The lowest BCUT2D eigenvalue weighted by Gasteiger charge is -2.26. The van der Waals surface area contributed by atoms with Crippen LogP contribution in [0.5, 0.6) is 0 Å². The molecule has 0 saturated carbocycles. The molecule has 1 saturated heterocycles. The van der Waals surface area contributed by atoms with Crippen molar-refractivity contribution in [3.63, 3.8) is 0 Å². The Hall–Kier alpha value is -1.46. The molecule has 1 aromatic heterocycles. The molecular weight excluding hydrogens is 216 g/mol. The van der Waals surface area contributed by atoms with Gasteiger partial charge in [0.1, 0.15) is 0 Å². The average Bonchev–Trinajstić information content (AvgIpc) is 2.39. The van der Waals surface area contributed by atoms with E-state index < -0.39 is 0 Å². The molecule has 2 heterocycles. The summed E-state index contributed by atoms with van der Waals surface area (Å²) in [6.07, 6.45) is 3.88. The standard InChI is InChI=1S/C12H18N4O/c17-12(15-11-2-1-4-14-10-11)3-7-16-8-5-13-6-9-16/h1-2,4,10,13H,3,5-9H2,(H,15,17). The van der Waals surface area contributed by atoms with Gasteiger partial charge in [0.05, 0.1) is 11.9 Å². The Bertz CT molecular complexity index is 349. The molecule has 2 rings (SSSR count). The zero-order chi connectivity index (χ0) is 11.9. The fourth-order valence-electron chi connectivity index (χ4n) is 1.85. The Morgan fingerprint density at radius 2 is 2.29 bits per heavy atom. The van der Waals surface area contributed by atoms with Gasteiger partial charge in [-0.2, -0.15) is 0 Å². The van der Waals surface area contributed by atoms with Crippen molar-refractivity contribution < 1.29 is 4.79 Å². The Labute approximate surface area is 101 Å². The lowest BCUT2D eigenvalue weighted by atomic mass is 10.3. The smallest absolute Gasteiger partial charge is 0.225 e. The summed E-state index contributed by atoms with van der Waals surface area (Å²) in [6, 6.07) is 3.65. The molecule has 1 aromatic rings. The largest absolute Gasteiger partial charge is 0.325 e. The average molecular weight is 234 g/mol. The van der Waals surface area contributed by atoms with Crippen LogP contribution in [-0.2, 0) is 4.79 Å². The van der Waals surface area contributed by atoms with Crippen molar-refractivity contribution in [2.45, 2.75) is 6.42 Å². The number of aromatic nitrogens is 1. The number of hydrogen-bond acceptors (Lipinski definition) is 4. The molecule has 92 valence electrons. The number of pyridine rings is 1. The normalized spacial score (nSPS) is 16.7. The van der Waals surface area contributed by atoms with Crippen molar-refractivity contribution in [1.29, 1.82) is 0 Å². The molecule has 0 spiro atoms. The van der Waals surface area contributed by atoms with E-state index in [9.17, 15) is 4.79 Å². The van der Waals surface area contributed by atoms with Crippen LogP contribution in [0.4, 0.5) is 5.69 Å². The van der Waals surface area contributed by atoms with Gasteiger partial charge in [0.25, 0.3) is 0 Å². The third kappa shape index (κ3) is 4.13. The van der Waals surface area contributed by atoms with Gasteiger partial charge in [-0.3, -0.25) is 9.78 Å². The second kappa shape index (κ2) is 6.32. The number of anilines is 1. The van der Waals surface area contributed by atoms with Gasteiger partial charge in [-0.1, -0.05) is 0 Å². The van der Waals surface area contributed by atoms with Crippen molar-refractivity contribution in [1.82, 2.24) is 15.2 Å². The van der Waals surface area contributed by atoms with Crippen LogP contribution >= 0.6 is 0 Å². The molecule has 1 fully saturated rings. The first kappa shape index (κ1) is 12.0. The summed E-state index contributed by atoms with van der Waals surface area (Å²) in [4.78, 5) is 17.9. The van der Waals surface area contributed by atoms with E-state index >= 15 is 0 Å². The highest BCUT2D eigenvalue weighted by Crippen LogP contribution is 2.03. The zero-order valence-electron chi connectivity index (χ0n) is 9.85. The molecular formula is C12H18N4O. The molecule has 5 heteroatoms. The first-order valence-corrected chi connectivity index (χ1v) is 5.97. The third-order valence-electron chi connectivity index (χ3n) is 2.81. The van der Waals surface area contributed by atoms with E-state index in [-0.39, 0.29) is 5.91 Å². The number of amides is 1. The molecule has 17 heavy (non-hydrogen) atoms. The predicted molar refractivity (Wildman–Crippen MR) is 66.8 cm³/mol. The summed E-state index contributed by atoms with van der Waals surface area (Å²) in [7, 11) is 0. The van der Waals surface area contributed by atoms with Crippen LogP contribution in [0.1, 0.15) is 6.42 Å². The molecule has 0 aromatic carbocycles. The third-order valence-corrected chi connectivity index (χ3v) is 2.81. The van der Waals surface area contributed by atoms with E-state index in [1.807, 2.05) is 12.1 Å². The van der Waals surface area contributed by atoms with Crippen LogP contribution in [0, 0.1) is 0 Å². The summed E-state index contributed by atoms with van der Waals surface area (Å²) < 4.78 is 0. The molecule has 2 N–H and O–H groups in total. The van der Waals surface area contributed by atoms with Crippen molar-refractivity contribution >= 4 is 11.6 Å². The monoisotopic (exact) mass is 234 g/mol. The quantitative estimate of drug-likeness (QED) is 0.787. The maximum Gasteiger partial charge on any atom is 0.225 e. The number of piperazine rings is 1. The lowest BCUT2D eigenvalue weighted by Crippen LogP contribution is -2.44.